The first-order valence-electron chi connectivity index (χ1n) is 10.5. The monoisotopic (exact) mass is 424 g/mol. The second-order valence-corrected chi connectivity index (χ2v) is 7.62. The summed E-state index contributed by atoms with van der Waals surface area (Å²) in [6.07, 6.45) is 3.15. The molecule has 3 heterocycles. The molecule has 1 aliphatic rings. The number of benzene rings is 1. The summed E-state index contributed by atoms with van der Waals surface area (Å²) < 4.78 is 13.0. The van der Waals surface area contributed by atoms with Crippen molar-refractivity contribution < 1.29 is 13.9 Å². The highest BCUT2D eigenvalue weighted by Crippen LogP contribution is 2.23. The van der Waals surface area contributed by atoms with Crippen LogP contribution < -0.4 is 10.6 Å². The van der Waals surface area contributed by atoms with Crippen LogP contribution in [0.5, 0.6) is 0 Å². The van der Waals surface area contributed by atoms with Gasteiger partial charge in [-0.25, -0.2) is 14.5 Å². The van der Waals surface area contributed by atoms with Gasteiger partial charge in [-0.2, -0.15) is 5.10 Å². The lowest BCUT2D eigenvalue weighted by atomic mass is 10.1. The van der Waals surface area contributed by atoms with Crippen LogP contribution in [0.25, 0.3) is 5.69 Å². The molecule has 2 unspecified atom stereocenters. The summed E-state index contributed by atoms with van der Waals surface area (Å²) in [7, 11) is 0. The van der Waals surface area contributed by atoms with Gasteiger partial charge in [-0.1, -0.05) is 12.1 Å². The number of morpholine rings is 1. The maximum Gasteiger partial charge on any atom is 0.315 e. The highest BCUT2D eigenvalue weighted by atomic mass is 16.5. The summed E-state index contributed by atoms with van der Waals surface area (Å²) in [5.41, 5.74) is 1.92. The van der Waals surface area contributed by atoms with E-state index in [1.165, 1.54) is 6.33 Å². The van der Waals surface area contributed by atoms with Crippen LogP contribution in [0, 0.1) is 6.92 Å². The standard InChI is InChI=1S/C22H28N6O3/c1-16-3-8-21(31-16)20(27-9-11-30-12-10-27)13-24-22(29)26-17(2)18-4-6-19(7-5-18)28-15-23-14-25-28/h3-8,14-15,17,20H,9-13H2,1-2H3,(H2,24,26,29). The lowest BCUT2D eigenvalue weighted by Gasteiger charge is -2.33. The van der Waals surface area contributed by atoms with E-state index in [1.807, 2.05) is 50.2 Å². The summed E-state index contributed by atoms with van der Waals surface area (Å²) >= 11 is 0. The fourth-order valence-corrected chi connectivity index (χ4v) is 3.71. The normalized spacial score (nSPS) is 16.6. The largest absolute Gasteiger partial charge is 0.465 e. The van der Waals surface area contributed by atoms with Crippen LogP contribution in [-0.2, 0) is 4.74 Å². The number of nitrogens with one attached hydrogen (secondary N) is 2. The third kappa shape index (κ3) is 5.31. The van der Waals surface area contributed by atoms with E-state index in [9.17, 15) is 4.79 Å². The third-order valence-electron chi connectivity index (χ3n) is 5.46. The first kappa shape index (κ1) is 21.1. The number of carbonyl (C=O) groups excluding carboxylic acids is 1. The molecule has 0 radical (unpaired) electrons. The molecule has 164 valence electrons. The second-order valence-electron chi connectivity index (χ2n) is 7.62. The van der Waals surface area contributed by atoms with Gasteiger partial charge in [0.2, 0.25) is 0 Å². The van der Waals surface area contributed by atoms with Crippen LogP contribution >= 0.6 is 0 Å². The molecule has 0 aliphatic carbocycles. The number of hydrogen-bond donors (Lipinski definition) is 2. The van der Waals surface area contributed by atoms with E-state index in [4.69, 9.17) is 9.15 Å². The maximum absolute atomic E-state index is 12.6. The molecule has 9 nitrogen and oxygen atoms in total. The van der Waals surface area contributed by atoms with Crippen molar-refractivity contribution in [3.8, 4) is 5.69 Å². The second kappa shape index (κ2) is 9.76. The average Bonchev–Trinajstić information content (AvgIpc) is 3.47. The molecule has 0 saturated carbocycles. The van der Waals surface area contributed by atoms with Crippen LogP contribution in [0.4, 0.5) is 4.79 Å². The average molecular weight is 425 g/mol. The Morgan fingerprint density at radius 1 is 1.16 bits per heavy atom. The highest BCUT2D eigenvalue weighted by Gasteiger charge is 2.26. The zero-order valence-electron chi connectivity index (χ0n) is 17.8. The van der Waals surface area contributed by atoms with Crippen LogP contribution in [0.2, 0.25) is 0 Å². The first-order chi connectivity index (χ1) is 15.1. The number of aromatic nitrogens is 3. The lowest BCUT2D eigenvalue weighted by molar-refractivity contribution is 0.0121. The molecule has 2 amide bonds. The van der Waals surface area contributed by atoms with Crippen LogP contribution in [-0.4, -0.2) is 58.5 Å². The summed E-state index contributed by atoms with van der Waals surface area (Å²) in [5, 5.41) is 10.1. The van der Waals surface area contributed by atoms with Gasteiger partial charge in [0.1, 0.15) is 24.2 Å². The minimum absolute atomic E-state index is 0.0272. The van der Waals surface area contributed by atoms with Gasteiger partial charge in [0.05, 0.1) is 31.0 Å². The van der Waals surface area contributed by atoms with Gasteiger partial charge in [0.25, 0.3) is 0 Å². The predicted octanol–water partition coefficient (Wildman–Crippen LogP) is 2.60. The fourth-order valence-electron chi connectivity index (χ4n) is 3.71. The van der Waals surface area contributed by atoms with E-state index in [0.29, 0.717) is 19.8 Å². The van der Waals surface area contributed by atoms with Crippen molar-refractivity contribution in [2.75, 3.05) is 32.8 Å². The summed E-state index contributed by atoms with van der Waals surface area (Å²) in [5.74, 6) is 1.72. The van der Waals surface area contributed by atoms with Gasteiger partial charge in [-0.15, -0.1) is 0 Å². The number of hydrogen-bond acceptors (Lipinski definition) is 6. The Hall–Kier alpha value is -3.17. The molecule has 1 aromatic carbocycles. The molecule has 1 aliphatic heterocycles. The Morgan fingerprint density at radius 2 is 1.94 bits per heavy atom. The Morgan fingerprint density at radius 3 is 2.58 bits per heavy atom. The van der Waals surface area contributed by atoms with Crippen molar-refractivity contribution in [3.05, 3.63) is 66.1 Å². The van der Waals surface area contributed by atoms with E-state index >= 15 is 0 Å². The zero-order chi connectivity index (χ0) is 21.6. The molecule has 0 bridgehead atoms. The van der Waals surface area contributed by atoms with Gasteiger partial charge in [-0.3, -0.25) is 4.90 Å². The first-order valence-corrected chi connectivity index (χ1v) is 10.5. The van der Waals surface area contributed by atoms with Gasteiger partial charge in [0, 0.05) is 19.6 Å². The molecular formula is C22H28N6O3. The molecule has 1 fully saturated rings. The van der Waals surface area contributed by atoms with E-state index in [-0.39, 0.29) is 18.1 Å². The molecular weight excluding hydrogens is 396 g/mol. The fraction of sp³-hybridized carbons (Fsp3) is 0.409. The summed E-state index contributed by atoms with van der Waals surface area (Å²) in [6, 6.07) is 11.4. The van der Waals surface area contributed by atoms with E-state index in [1.54, 1.807) is 11.0 Å². The van der Waals surface area contributed by atoms with E-state index < -0.39 is 0 Å². The van der Waals surface area contributed by atoms with Crippen molar-refractivity contribution >= 4 is 6.03 Å². The number of ether oxygens (including phenoxy) is 1. The van der Waals surface area contributed by atoms with Crippen LogP contribution in [0.15, 0.2) is 53.5 Å². The highest BCUT2D eigenvalue weighted by molar-refractivity contribution is 5.74. The Labute approximate surface area is 181 Å². The molecule has 31 heavy (non-hydrogen) atoms. The molecule has 3 aromatic rings. The van der Waals surface area contributed by atoms with Crippen LogP contribution in [0.1, 0.15) is 36.1 Å². The predicted molar refractivity (Wildman–Crippen MR) is 115 cm³/mol. The molecule has 2 aromatic heterocycles. The van der Waals surface area contributed by atoms with E-state index in [0.717, 1.165) is 35.9 Å². The van der Waals surface area contributed by atoms with Crippen molar-refractivity contribution in [1.29, 1.82) is 0 Å². The Balaban J connectivity index is 1.34. The van der Waals surface area contributed by atoms with Gasteiger partial charge >= 0.3 is 6.03 Å². The van der Waals surface area contributed by atoms with Gasteiger partial charge < -0.3 is 19.8 Å². The molecule has 0 spiro atoms. The molecule has 4 rings (SSSR count). The molecule has 2 atom stereocenters. The third-order valence-corrected chi connectivity index (χ3v) is 5.46. The SMILES string of the molecule is Cc1ccc(C(CNC(=O)NC(C)c2ccc(-n3cncn3)cc2)N2CCOCC2)o1. The minimum Gasteiger partial charge on any atom is -0.465 e. The van der Waals surface area contributed by atoms with E-state index in [2.05, 4.69) is 25.6 Å². The zero-order valence-corrected chi connectivity index (χ0v) is 17.8. The van der Waals surface area contributed by atoms with Crippen LogP contribution in [0.3, 0.4) is 0 Å². The van der Waals surface area contributed by atoms with Crippen molar-refractivity contribution in [3.63, 3.8) is 0 Å². The maximum atomic E-state index is 12.6. The smallest absolute Gasteiger partial charge is 0.315 e. The topological polar surface area (TPSA) is 97.5 Å². The van der Waals surface area contributed by atoms with Crippen molar-refractivity contribution in [1.82, 2.24) is 30.3 Å². The number of nitrogens with zero attached hydrogens (tertiary/aromatic N) is 4. The minimum atomic E-state index is -0.214. The number of amides is 2. The van der Waals surface area contributed by atoms with Gasteiger partial charge in [-0.05, 0) is 43.7 Å². The summed E-state index contributed by atoms with van der Waals surface area (Å²) in [4.78, 5) is 18.8. The number of rotatable bonds is 7. The molecule has 2 N–H and O–H groups in total. The Bertz CT molecular complexity index is 964. The van der Waals surface area contributed by atoms with Crippen molar-refractivity contribution in [2.24, 2.45) is 0 Å². The lowest BCUT2D eigenvalue weighted by Crippen LogP contribution is -2.46. The summed E-state index contributed by atoms with van der Waals surface area (Å²) in [6.45, 7) is 7.32. The van der Waals surface area contributed by atoms with Crippen molar-refractivity contribution in [2.45, 2.75) is 25.9 Å². The number of urea groups is 1. The molecule has 1 saturated heterocycles. The number of aryl methyl sites for hydroxylation is 1. The van der Waals surface area contributed by atoms with Gasteiger partial charge in [0.15, 0.2) is 0 Å². The number of carbonyl (C=O) groups is 1. The molecule has 9 heteroatoms. The Kier molecular flexibility index (Phi) is 6.63. The quantitative estimate of drug-likeness (QED) is 0.605. The number of furan rings is 1.